The van der Waals surface area contributed by atoms with Crippen molar-refractivity contribution in [3.8, 4) is 22.3 Å². The molecule has 0 saturated carbocycles. The number of fused-ring (bicyclic) bond motifs is 7. The van der Waals surface area contributed by atoms with Gasteiger partial charge in [-0.2, -0.15) is 0 Å². The molecule has 0 saturated heterocycles. The summed E-state index contributed by atoms with van der Waals surface area (Å²) >= 11 is 0. The van der Waals surface area contributed by atoms with E-state index in [4.69, 9.17) is 8.83 Å². The summed E-state index contributed by atoms with van der Waals surface area (Å²) in [4.78, 5) is 2.38. The number of benzene rings is 8. The van der Waals surface area contributed by atoms with Gasteiger partial charge in [0, 0.05) is 27.4 Å². The van der Waals surface area contributed by atoms with Gasteiger partial charge in [-0.1, -0.05) is 127 Å². The standard InChI is InChI=1S/C46H29NO2/c1-2-14-33-30(12-1)13-9-18-34(33)31-26-28-32(29-27-31)47(40-21-11-25-44-46(40)38-17-5-8-23-42(38)49-44)39-20-6-3-15-35(39)36-19-10-24-43-45(36)37-16-4-7-22-41(37)48-43/h1-29H. The van der Waals surface area contributed by atoms with Crippen molar-refractivity contribution in [1.29, 1.82) is 0 Å². The van der Waals surface area contributed by atoms with Crippen molar-refractivity contribution in [2.75, 3.05) is 4.90 Å². The van der Waals surface area contributed by atoms with Gasteiger partial charge in [0.25, 0.3) is 0 Å². The Morgan fingerprint density at radius 1 is 0.327 bits per heavy atom. The first-order valence-electron chi connectivity index (χ1n) is 16.6. The zero-order chi connectivity index (χ0) is 32.3. The lowest BCUT2D eigenvalue weighted by Crippen LogP contribution is -2.11. The first-order valence-corrected chi connectivity index (χ1v) is 16.6. The molecule has 0 aliphatic heterocycles. The molecular weight excluding hydrogens is 599 g/mol. The van der Waals surface area contributed by atoms with Gasteiger partial charge >= 0.3 is 0 Å². The van der Waals surface area contributed by atoms with Crippen molar-refractivity contribution >= 4 is 71.7 Å². The monoisotopic (exact) mass is 627 g/mol. The molecule has 0 atom stereocenters. The largest absolute Gasteiger partial charge is 0.456 e. The minimum absolute atomic E-state index is 0.858. The normalized spacial score (nSPS) is 11.7. The van der Waals surface area contributed by atoms with Crippen LogP contribution < -0.4 is 4.90 Å². The van der Waals surface area contributed by atoms with Crippen LogP contribution in [-0.4, -0.2) is 0 Å². The van der Waals surface area contributed by atoms with E-state index in [9.17, 15) is 0 Å². The molecule has 230 valence electrons. The summed E-state index contributed by atoms with van der Waals surface area (Å²) in [6.45, 7) is 0. The number of nitrogens with zero attached hydrogens (tertiary/aromatic N) is 1. The van der Waals surface area contributed by atoms with Crippen LogP contribution in [0.4, 0.5) is 17.1 Å². The highest BCUT2D eigenvalue weighted by Crippen LogP contribution is 2.48. The van der Waals surface area contributed by atoms with Crippen molar-refractivity contribution < 1.29 is 8.83 Å². The van der Waals surface area contributed by atoms with E-state index in [1.807, 2.05) is 24.3 Å². The van der Waals surface area contributed by atoms with Gasteiger partial charge in [0.15, 0.2) is 0 Å². The minimum Gasteiger partial charge on any atom is -0.456 e. The van der Waals surface area contributed by atoms with Crippen LogP contribution in [0.5, 0.6) is 0 Å². The Balaban J connectivity index is 1.23. The molecule has 0 bridgehead atoms. The van der Waals surface area contributed by atoms with Crippen LogP contribution in [-0.2, 0) is 0 Å². The van der Waals surface area contributed by atoms with E-state index in [1.54, 1.807) is 0 Å². The van der Waals surface area contributed by atoms with Crippen LogP contribution in [0.3, 0.4) is 0 Å². The molecule has 0 amide bonds. The molecule has 8 aromatic carbocycles. The van der Waals surface area contributed by atoms with Crippen molar-refractivity contribution in [3.63, 3.8) is 0 Å². The zero-order valence-electron chi connectivity index (χ0n) is 26.5. The minimum atomic E-state index is 0.858. The molecule has 0 aliphatic rings. The lowest BCUT2D eigenvalue weighted by molar-refractivity contribution is 0.668. The highest BCUT2D eigenvalue weighted by molar-refractivity contribution is 6.16. The summed E-state index contributed by atoms with van der Waals surface area (Å²) in [7, 11) is 0. The molecule has 0 N–H and O–H groups in total. The predicted octanol–water partition coefficient (Wildman–Crippen LogP) is 13.4. The van der Waals surface area contributed by atoms with Crippen LogP contribution in [0.1, 0.15) is 0 Å². The second-order valence-electron chi connectivity index (χ2n) is 12.5. The van der Waals surface area contributed by atoms with Gasteiger partial charge in [-0.25, -0.2) is 0 Å². The molecule has 49 heavy (non-hydrogen) atoms. The maximum atomic E-state index is 6.40. The van der Waals surface area contributed by atoms with E-state index >= 15 is 0 Å². The van der Waals surface area contributed by atoms with Gasteiger partial charge in [-0.05, 0) is 76.0 Å². The molecule has 0 radical (unpaired) electrons. The quantitative estimate of drug-likeness (QED) is 0.190. The Hall–Kier alpha value is -6.58. The predicted molar refractivity (Wildman–Crippen MR) is 204 cm³/mol. The Labute approximate surface area is 282 Å². The number of para-hydroxylation sites is 3. The smallest absolute Gasteiger partial charge is 0.137 e. The van der Waals surface area contributed by atoms with Crippen molar-refractivity contribution in [1.82, 2.24) is 0 Å². The topological polar surface area (TPSA) is 29.5 Å². The van der Waals surface area contributed by atoms with E-state index in [0.717, 1.165) is 72.1 Å². The van der Waals surface area contributed by atoms with Gasteiger partial charge in [-0.3, -0.25) is 0 Å². The van der Waals surface area contributed by atoms with Crippen LogP contribution in [0.15, 0.2) is 185 Å². The number of rotatable bonds is 5. The summed E-state index contributed by atoms with van der Waals surface area (Å²) < 4.78 is 12.7. The lowest BCUT2D eigenvalue weighted by atomic mass is 9.96. The number of hydrogen-bond acceptors (Lipinski definition) is 3. The Kier molecular flexibility index (Phi) is 6.18. The lowest BCUT2D eigenvalue weighted by Gasteiger charge is -2.29. The van der Waals surface area contributed by atoms with E-state index in [0.29, 0.717) is 0 Å². The highest BCUT2D eigenvalue weighted by Gasteiger charge is 2.23. The van der Waals surface area contributed by atoms with E-state index in [2.05, 4.69) is 157 Å². The third kappa shape index (κ3) is 4.37. The maximum absolute atomic E-state index is 6.40. The van der Waals surface area contributed by atoms with Crippen molar-refractivity contribution in [3.05, 3.63) is 176 Å². The summed E-state index contributed by atoms with van der Waals surface area (Å²) in [5, 5.41) is 6.87. The summed E-state index contributed by atoms with van der Waals surface area (Å²) in [6, 6.07) is 62.0. The molecule has 0 fully saturated rings. The zero-order valence-corrected chi connectivity index (χ0v) is 26.5. The number of hydrogen-bond donors (Lipinski definition) is 0. The van der Waals surface area contributed by atoms with Crippen LogP contribution in [0, 0.1) is 0 Å². The second kappa shape index (κ2) is 11.0. The van der Waals surface area contributed by atoms with Gasteiger partial charge < -0.3 is 13.7 Å². The van der Waals surface area contributed by atoms with E-state index in [-0.39, 0.29) is 0 Å². The van der Waals surface area contributed by atoms with Crippen molar-refractivity contribution in [2.24, 2.45) is 0 Å². The average molecular weight is 628 g/mol. The fraction of sp³-hybridized carbons (Fsp3) is 0. The molecular formula is C46H29NO2. The van der Waals surface area contributed by atoms with Gasteiger partial charge in [0.2, 0.25) is 0 Å². The Bertz CT molecular complexity index is 2830. The summed E-state index contributed by atoms with van der Waals surface area (Å²) in [5.74, 6) is 0. The SMILES string of the molecule is c1ccc(N(c2ccc(-c3cccc4ccccc34)cc2)c2cccc3oc4ccccc4c23)c(-c2cccc3oc4ccccc4c23)c1. The second-order valence-corrected chi connectivity index (χ2v) is 12.5. The van der Waals surface area contributed by atoms with Crippen LogP contribution in [0.2, 0.25) is 0 Å². The molecule has 2 heterocycles. The Morgan fingerprint density at radius 3 is 1.63 bits per heavy atom. The van der Waals surface area contributed by atoms with Gasteiger partial charge in [0.1, 0.15) is 22.3 Å². The van der Waals surface area contributed by atoms with Crippen molar-refractivity contribution in [2.45, 2.75) is 0 Å². The molecule has 0 aliphatic carbocycles. The average Bonchev–Trinajstić information content (AvgIpc) is 3.74. The van der Waals surface area contributed by atoms with Crippen LogP contribution in [0.25, 0.3) is 76.9 Å². The number of anilines is 3. The van der Waals surface area contributed by atoms with E-state index in [1.165, 1.54) is 21.9 Å². The molecule has 0 spiro atoms. The van der Waals surface area contributed by atoms with Gasteiger partial charge in [0.05, 0.1) is 16.8 Å². The third-order valence-electron chi connectivity index (χ3n) is 9.69. The highest BCUT2D eigenvalue weighted by atomic mass is 16.3. The summed E-state index contributed by atoms with van der Waals surface area (Å²) in [6.07, 6.45) is 0. The first-order chi connectivity index (χ1) is 24.3. The first kappa shape index (κ1) is 27.5. The van der Waals surface area contributed by atoms with E-state index < -0.39 is 0 Å². The molecule has 3 nitrogen and oxygen atoms in total. The maximum Gasteiger partial charge on any atom is 0.137 e. The molecule has 10 rings (SSSR count). The third-order valence-corrected chi connectivity index (χ3v) is 9.69. The van der Waals surface area contributed by atoms with Gasteiger partial charge in [-0.15, -0.1) is 0 Å². The molecule has 3 heteroatoms. The fourth-order valence-corrected chi connectivity index (χ4v) is 7.51. The number of furan rings is 2. The Morgan fingerprint density at radius 2 is 0.837 bits per heavy atom. The molecule has 2 aromatic heterocycles. The molecule has 0 unspecified atom stereocenters. The molecule has 10 aromatic rings. The fourth-order valence-electron chi connectivity index (χ4n) is 7.51. The summed E-state index contributed by atoms with van der Waals surface area (Å²) in [5.41, 5.74) is 11.3. The van der Waals surface area contributed by atoms with Crippen LogP contribution >= 0.6 is 0 Å².